The maximum atomic E-state index is 14.2. The number of carbonyl (C=O) groups is 2. The highest BCUT2D eigenvalue weighted by Crippen LogP contribution is 2.49. The van der Waals surface area contributed by atoms with Gasteiger partial charge in [-0.25, -0.2) is 8.78 Å². The fourth-order valence-corrected chi connectivity index (χ4v) is 5.43. The van der Waals surface area contributed by atoms with Gasteiger partial charge < -0.3 is 25.0 Å². The molecule has 1 spiro atoms. The lowest BCUT2D eigenvalue weighted by atomic mass is 9.89. The number of rotatable bonds is 3. The predicted molar refractivity (Wildman–Crippen MR) is 116 cm³/mol. The second kappa shape index (κ2) is 7.49. The summed E-state index contributed by atoms with van der Waals surface area (Å²) in [5, 5.41) is 24.0. The van der Waals surface area contributed by atoms with E-state index < -0.39 is 58.4 Å². The minimum absolute atomic E-state index is 0.0731. The SMILES string of the molecule is Cc1cc(F)c(CNC(=O)c2c3n4c(c(O)c2=O)C(=O)N2C[C@@]4(CC=C[C@@H]2C)C[C@H]3O)c(F)c1. The number of fused-ring (bicyclic) bond motifs is 1. The zero-order chi connectivity index (χ0) is 24.5. The molecule has 8 nitrogen and oxygen atoms in total. The standard InChI is InChI=1S/C24H23F2N3O5/c1-11-6-14(25)13(15(26)7-11)9-27-22(33)17-18-16(30)8-24-5-3-4-12(2)28(10-24)23(34)19(29(18)24)21(32)20(17)31/h3-4,6-7,12,16,30,32H,5,8-10H2,1-2H3,(H,27,33)/t12-,16+,24+/m0/s1. The highest BCUT2D eigenvalue weighted by Gasteiger charge is 2.54. The third kappa shape index (κ3) is 3.01. The Morgan fingerprint density at radius 3 is 2.62 bits per heavy atom. The number of benzene rings is 1. The zero-order valence-electron chi connectivity index (χ0n) is 18.6. The number of hydrogen-bond acceptors (Lipinski definition) is 5. The first-order valence-electron chi connectivity index (χ1n) is 11.0. The van der Waals surface area contributed by atoms with Gasteiger partial charge in [-0.1, -0.05) is 12.2 Å². The summed E-state index contributed by atoms with van der Waals surface area (Å²) in [5.41, 5.74) is -2.84. The van der Waals surface area contributed by atoms with Crippen molar-refractivity contribution in [3.63, 3.8) is 0 Å². The van der Waals surface area contributed by atoms with Crippen molar-refractivity contribution in [1.82, 2.24) is 14.8 Å². The molecule has 4 heterocycles. The molecular formula is C24H23F2N3O5. The summed E-state index contributed by atoms with van der Waals surface area (Å²) in [5.74, 6) is -4.17. The van der Waals surface area contributed by atoms with Crippen LogP contribution in [0, 0.1) is 18.6 Å². The molecule has 3 aliphatic rings. The molecule has 34 heavy (non-hydrogen) atoms. The number of carbonyl (C=O) groups excluding carboxylic acids is 2. The van der Waals surface area contributed by atoms with Crippen LogP contribution in [0.3, 0.4) is 0 Å². The third-order valence-electron chi connectivity index (χ3n) is 7.02. The van der Waals surface area contributed by atoms with E-state index >= 15 is 0 Å². The third-order valence-corrected chi connectivity index (χ3v) is 7.02. The van der Waals surface area contributed by atoms with Crippen molar-refractivity contribution in [2.24, 2.45) is 0 Å². The van der Waals surface area contributed by atoms with Crippen molar-refractivity contribution in [2.45, 2.75) is 50.9 Å². The van der Waals surface area contributed by atoms with Crippen LogP contribution in [-0.4, -0.2) is 44.1 Å². The number of nitrogens with zero attached hydrogens (tertiary/aromatic N) is 2. The summed E-state index contributed by atoms with van der Waals surface area (Å²) in [6, 6.07) is 1.96. The molecule has 3 N–H and O–H groups in total. The van der Waals surface area contributed by atoms with Crippen LogP contribution >= 0.6 is 0 Å². The van der Waals surface area contributed by atoms with Crippen molar-refractivity contribution in [1.29, 1.82) is 0 Å². The molecule has 1 aromatic heterocycles. The number of amides is 2. The van der Waals surface area contributed by atoms with E-state index in [4.69, 9.17) is 0 Å². The Labute approximate surface area is 193 Å². The predicted octanol–water partition coefficient (Wildman–Crippen LogP) is 2.01. The van der Waals surface area contributed by atoms with Gasteiger partial charge in [0, 0.05) is 31.1 Å². The molecule has 0 saturated carbocycles. The number of aromatic nitrogens is 1. The lowest BCUT2D eigenvalue weighted by Gasteiger charge is -2.43. The average molecular weight is 471 g/mol. The van der Waals surface area contributed by atoms with Gasteiger partial charge in [0.2, 0.25) is 5.43 Å². The fourth-order valence-electron chi connectivity index (χ4n) is 5.43. The topological polar surface area (TPSA) is 112 Å². The van der Waals surface area contributed by atoms with E-state index in [0.717, 1.165) is 12.1 Å². The first-order valence-corrected chi connectivity index (χ1v) is 11.0. The van der Waals surface area contributed by atoms with E-state index in [9.17, 15) is 33.4 Å². The molecular weight excluding hydrogens is 448 g/mol. The van der Waals surface area contributed by atoms with Crippen molar-refractivity contribution >= 4 is 11.8 Å². The minimum Gasteiger partial charge on any atom is -0.503 e. The number of hydrogen-bond donors (Lipinski definition) is 3. The van der Waals surface area contributed by atoms with Crippen molar-refractivity contribution in [3.05, 3.63) is 74.2 Å². The summed E-state index contributed by atoms with van der Waals surface area (Å²) in [4.78, 5) is 40.9. The smallest absolute Gasteiger partial charge is 0.275 e. The van der Waals surface area contributed by atoms with Gasteiger partial charge in [-0.15, -0.1) is 0 Å². The Morgan fingerprint density at radius 2 is 1.94 bits per heavy atom. The molecule has 2 amide bonds. The van der Waals surface area contributed by atoms with Gasteiger partial charge >= 0.3 is 0 Å². The first kappa shape index (κ1) is 22.3. The van der Waals surface area contributed by atoms with Gasteiger partial charge in [0.1, 0.15) is 17.2 Å². The van der Waals surface area contributed by atoms with E-state index in [0.29, 0.717) is 12.0 Å². The molecule has 1 aromatic carbocycles. The van der Waals surface area contributed by atoms with E-state index in [1.807, 2.05) is 19.1 Å². The van der Waals surface area contributed by atoms with E-state index in [1.165, 1.54) is 16.4 Å². The van der Waals surface area contributed by atoms with Gasteiger partial charge in [0.15, 0.2) is 11.4 Å². The molecule has 0 unspecified atom stereocenters. The normalized spacial score (nSPS) is 24.7. The summed E-state index contributed by atoms with van der Waals surface area (Å²) in [6.45, 7) is 3.03. The number of nitrogens with one attached hydrogen (secondary N) is 1. The Morgan fingerprint density at radius 1 is 1.26 bits per heavy atom. The number of halogens is 2. The molecule has 0 aliphatic carbocycles. The maximum Gasteiger partial charge on any atom is 0.275 e. The highest BCUT2D eigenvalue weighted by atomic mass is 19.1. The van der Waals surface area contributed by atoms with Crippen molar-refractivity contribution in [3.8, 4) is 5.75 Å². The van der Waals surface area contributed by atoms with Gasteiger partial charge in [-0.3, -0.25) is 14.4 Å². The van der Waals surface area contributed by atoms with Crippen LogP contribution in [0.2, 0.25) is 0 Å². The van der Waals surface area contributed by atoms with E-state index in [1.54, 1.807) is 0 Å². The molecule has 2 bridgehead atoms. The molecule has 3 atom stereocenters. The molecule has 3 aliphatic heterocycles. The molecule has 178 valence electrons. The number of aromatic hydroxyl groups is 1. The van der Waals surface area contributed by atoms with Gasteiger partial charge in [0.25, 0.3) is 11.8 Å². The summed E-state index contributed by atoms with van der Waals surface area (Å²) >= 11 is 0. The molecule has 0 fully saturated rings. The van der Waals surface area contributed by atoms with Crippen LogP contribution in [0.4, 0.5) is 8.78 Å². The monoisotopic (exact) mass is 471 g/mol. The van der Waals surface area contributed by atoms with Crippen LogP contribution in [0.25, 0.3) is 0 Å². The molecule has 5 rings (SSSR count). The Balaban J connectivity index is 1.62. The summed E-state index contributed by atoms with van der Waals surface area (Å²) in [7, 11) is 0. The van der Waals surface area contributed by atoms with Crippen molar-refractivity contribution in [2.75, 3.05) is 6.54 Å². The van der Waals surface area contributed by atoms with Gasteiger partial charge in [-0.05, 0) is 38.0 Å². The van der Waals surface area contributed by atoms with Crippen molar-refractivity contribution < 1.29 is 28.6 Å². The van der Waals surface area contributed by atoms with E-state index in [2.05, 4.69) is 5.32 Å². The lowest BCUT2D eigenvalue weighted by Crippen LogP contribution is -2.54. The first-order chi connectivity index (χ1) is 16.1. The van der Waals surface area contributed by atoms with Crippen LogP contribution in [0.15, 0.2) is 29.1 Å². The quantitative estimate of drug-likeness (QED) is 0.593. The van der Waals surface area contributed by atoms with E-state index in [-0.39, 0.29) is 36.0 Å². The average Bonchev–Trinajstić information content (AvgIpc) is 2.94. The lowest BCUT2D eigenvalue weighted by molar-refractivity contribution is 0.0488. The number of pyridine rings is 1. The molecule has 0 saturated heterocycles. The summed E-state index contributed by atoms with van der Waals surface area (Å²) < 4.78 is 29.9. The van der Waals surface area contributed by atoms with Gasteiger partial charge in [0.05, 0.1) is 17.3 Å². The number of aliphatic hydroxyl groups is 1. The zero-order valence-corrected chi connectivity index (χ0v) is 18.6. The minimum atomic E-state index is -1.25. The Kier molecular flexibility index (Phi) is 4.91. The molecule has 2 aromatic rings. The van der Waals surface area contributed by atoms with Crippen LogP contribution in [0.5, 0.6) is 5.75 Å². The number of aryl methyl sites for hydroxylation is 1. The Hall–Kier alpha value is -3.53. The largest absolute Gasteiger partial charge is 0.503 e. The number of allylic oxidation sites excluding steroid dienone is 1. The Bertz CT molecular complexity index is 1330. The van der Waals surface area contributed by atoms with Gasteiger partial charge in [-0.2, -0.15) is 0 Å². The van der Waals surface area contributed by atoms with Crippen LogP contribution < -0.4 is 10.7 Å². The second-order valence-corrected chi connectivity index (χ2v) is 9.26. The molecule has 0 radical (unpaired) electrons. The molecule has 10 heteroatoms. The second-order valence-electron chi connectivity index (χ2n) is 9.26. The fraction of sp³-hybridized carbons (Fsp3) is 0.375. The number of aliphatic hydroxyl groups excluding tert-OH is 1. The maximum absolute atomic E-state index is 14.2. The summed E-state index contributed by atoms with van der Waals surface area (Å²) in [6.07, 6.45) is 3.02. The highest BCUT2D eigenvalue weighted by molar-refractivity contribution is 6.01. The van der Waals surface area contributed by atoms with Crippen LogP contribution in [-0.2, 0) is 12.1 Å². The van der Waals surface area contributed by atoms with Crippen LogP contribution in [0.1, 0.15) is 63.5 Å².